The van der Waals surface area contributed by atoms with Crippen LogP contribution in [0.4, 0.5) is 10.1 Å². The number of amides is 1. The van der Waals surface area contributed by atoms with Crippen LogP contribution in [-0.4, -0.2) is 47.8 Å². The smallest absolute Gasteiger partial charge is 0.226 e. The van der Waals surface area contributed by atoms with Crippen LogP contribution < -0.4 is 10.2 Å². The first kappa shape index (κ1) is 27.9. The number of carbonyl (C=O) groups is 1. The van der Waals surface area contributed by atoms with Crippen molar-refractivity contribution >= 4 is 37.4 Å². The lowest BCUT2D eigenvalue weighted by molar-refractivity contribution is -0.127. The molecule has 214 valence electrons. The fourth-order valence-corrected chi connectivity index (χ4v) is 8.80. The monoisotopic (exact) mass is 640 g/mol. The number of halogens is 2. The van der Waals surface area contributed by atoms with Crippen LogP contribution in [0.5, 0.6) is 0 Å². The van der Waals surface area contributed by atoms with Crippen LogP contribution in [0.2, 0.25) is 0 Å². The summed E-state index contributed by atoms with van der Waals surface area (Å²) in [4.78, 5) is 20.1. The summed E-state index contributed by atoms with van der Waals surface area (Å²) in [5.41, 5.74) is 2.00. The number of nitriles is 1. The van der Waals surface area contributed by atoms with Crippen LogP contribution in [-0.2, 0) is 14.6 Å². The summed E-state index contributed by atoms with van der Waals surface area (Å²) in [7, 11) is -3.16. The number of sulfone groups is 1. The summed E-state index contributed by atoms with van der Waals surface area (Å²) >= 11 is 3.57. The molecule has 8 nitrogen and oxygen atoms in total. The number of aromatic nitrogens is 1. The Hall–Kier alpha value is -3.23. The maximum absolute atomic E-state index is 13.7. The van der Waals surface area contributed by atoms with Gasteiger partial charge in [-0.15, -0.1) is 0 Å². The van der Waals surface area contributed by atoms with Gasteiger partial charge in [-0.25, -0.2) is 17.8 Å². The molecule has 1 aromatic heterocycles. The number of rotatable bonds is 6. The molecule has 1 aliphatic heterocycles. The number of anilines is 1. The van der Waals surface area contributed by atoms with Gasteiger partial charge in [0.25, 0.3) is 0 Å². The molecule has 2 aromatic carbocycles. The Morgan fingerprint density at radius 3 is 2.59 bits per heavy atom. The molecule has 3 atom stereocenters. The molecule has 2 aliphatic carbocycles. The van der Waals surface area contributed by atoms with E-state index in [9.17, 15) is 22.9 Å². The summed E-state index contributed by atoms with van der Waals surface area (Å²) in [5, 5.41) is 12.6. The minimum absolute atomic E-state index is 0.0145. The first-order valence-electron chi connectivity index (χ1n) is 13.9. The van der Waals surface area contributed by atoms with Crippen molar-refractivity contribution in [1.82, 2.24) is 10.3 Å². The van der Waals surface area contributed by atoms with Gasteiger partial charge in [0.2, 0.25) is 11.8 Å². The van der Waals surface area contributed by atoms with Gasteiger partial charge in [0.05, 0.1) is 22.5 Å². The summed E-state index contributed by atoms with van der Waals surface area (Å²) < 4.78 is 44.8. The van der Waals surface area contributed by atoms with Crippen LogP contribution in [0.3, 0.4) is 0 Å². The third-order valence-electron chi connectivity index (χ3n) is 8.35. The summed E-state index contributed by atoms with van der Waals surface area (Å²) in [5.74, 6) is -0.251. The fraction of sp³-hybridized carbons (Fsp3) is 0.433. The van der Waals surface area contributed by atoms with Crippen LogP contribution in [0.1, 0.15) is 50.2 Å². The van der Waals surface area contributed by atoms with E-state index in [1.807, 2.05) is 29.2 Å². The number of oxazole rings is 1. The third kappa shape index (κ3) is 5.64. The van der Waals surface area contributed by atoms with Crippen molar-refractivity contribution in [2.75, 3.05) is 23.0 Å². The number of alkyl halides is 1. The maximum atomic E-state index is 13.7. The highest BCUT2D eigenvalue weighted by molar-refractivity contribution is 9.09. The number of para-hydroxylation sites is 1. The average Bonchev–Trinajstić information content (AvgIpc) is 3.60. The summed E-state index contributed by atoms with van der Waals surface area (Å²) in [6.45, 7) is 0.317. The van der Waals surface area contributed by atoms with E-state index in [4.69, 9.17) is 9.40 Å². The van der Waals surface area contributed by atoms with E-state index >= 15 is 0 Å². The SMILES string of the molecule is N#CC1(NC(=O)[C@@H]2CCCC[C@H]2c2oc(-c3ccc(F)cc3)nc2-c2ccccc2N2CCS(=O)(=O)CC2Br)CC1. The molecule has 3 aliphatic rings. The van der Waals surface area contributed by atoms with E-state index in [-0.39, 0.29) is 29.1 Å². The van der Waals surface area contributed by atoms with E-state index in [2.05, 4.69) is 27.3 Å². The number of benzene rings is 2. The zero-order chi connectivity index (χ0) is 28.8. The molecular formula is C30H30BrFN4O4S. The lowest BCUT2D eigenvalue weighted by Gasteiger charge is -2.35. The van der Waals surface area contributed by atoms with E-state index < -0.39 is 26.2 Å². The van der Waals surface area contributed by atoms with Crippen LogP contribution in [0.25, 0.3) is 22.7 Å². The van der Waals surface area contributed by atoms with Crippen molar-refractivity contribution in [3.05, 3.63) is 60.1 Å². The number of hydrogen-bond acceptors (Lipinski definition) is 7. The molecule has 1 amide bonds. The normalized spacial score (nSPS) is 24.8. The van der Waals surface area contributed by atoms with Crippen LogP contribution in [0.15, 0.2) is 52.9 Å². The Morgan fingerprint density at radius 2 is 1.88 bits per heavy atom. The number of hydrogen-bond donors (Lipinski definition) is 1. The van der Waals surface area contributed by atoms with Crippen molar-refractivity contribution in [2.45, 2.75) is 54.9 Å². The molecule has 1 unspecified atom stereocenters. The van der Waals surface area contributed by atoms with Gasteiger partial charge >= 0.3 is 0 Å². The highest BCUT2D eigenvalue weighted by Gasteiger charge is 2.47. The summed E-state index contributed by atoms with van der Waals surface area (Å²) in [6, 6.07) is 15.8. The van der Waals surface area contributed by atoms with Gasteiger partial charge in [-0.05, 0) is 56.0 Å². The number of nitrogens with zero attached hydrogens (tertiary/aromatic N) is 3. The minimum atomic E-state index is -3.16. The number of carbonyl (C=O) groups excluding carboxylic acids is 1. The zero-order valence-electron chi connectivity index (χ0n) is 22.4. The van der Waals surface area contributed by atoms with Crippen molar-refractivity contribution in [1.29, 1.82) is 5.26 Å². The molecule has 2 saturated carbocycles. The van der Waals surface area contributed by atoms with Gasteiger partial charge < -0.3 is 14.6 Å². The molecule has 41 heavy (non-hydrogen) atoms. The van der Waals surface area contributed by atoms with Crippen molar-refractivity contribution in [3.63, 3.8) is 0 Å². The standard InChI is InChI=1S/C30H30BrFN4O4S/c31-25-17-41(38,39)16-15-36(25)24-8-4-3-7-23(24)26-27(40-29(34-26)19-9-11-20(32)12-10-19)21-5-1-2-6-22(21)28(37)35-30(18-33)13-14-30/h3-4,7-12,21-22,25H,1-2,5-6,13-17H2,(H,35,37)/t21-,22-,25?/m1/s1. The number of nitrogens with one attached hydrogen (secondary N) is 1. The lowest BCUT2D eigenvalue weighted by Crippen LogP contribution is -2.45. The first-order valence-corrected chi connectivity index (χ1v) is 16.6. The second kappa shape index (κ2) is 10.9. The van der Waals surface area contributed by atoms with Gasteiger partial charge in [-0.3, -0.25) is 4.79 Å². The van der Waals surface area contributed by atoms with E-state index in [0.29, 0.717) is 55.1 Å². The second-order valence-electron chi connectivity index (χ2n) is 11.2. The second-order valence-corrected chi connectivity index (χ2v) is 14.5. The highest BCUT2D eigenvalue weighted by atomic mass is 79.9. The van der Waals surface area contributed by atoms with E-state index in [0.717, 1.165) is 24.1 Å². The molecule has 2 heterocycles. The first-order chi connectivity index (χ1) is 19.7. The average molecular weight is 642 g/mol. The van der Waals surface area contributed by atoms with Gasteiger partial charge in [-0.2, -0.15) is 5.26 Å². The molecule has 3 fully saturated rings. The van der Waals surface area contributed by atoms with Crippen LogP contribution in [0, 0.1) is 23.1 Å². The largest absolute Gasteiger partial charge is 0.440 e. The van der Waals surface area contributed by atoms with Gasteiger partial charge in [0.15, 0.2) is 9.84 Å². The van der Waals surface area contributed by atoms with E-state index in [1.165, 1.54) is 12.1 Å². The summed E-state index contributed by atoms with van der Waals surface area (Å²) in [6.07, 6.45) is 4.50. The molecule has 0 radical (unpaired) electrons. The predicted octanol–water partition coefficient (Wildman–Crippen LogP) is 5.55. The topological polar surface area (TPSA) is 116 Å². The molecular weight excluding hydrogens is 611 g/mol. The molecule has 11 heteroatoms. The van der Waals surface area contributed by atoms with E-state index in [1.54, 1.807) is 12.1 Å². The van der Waals surface area contributed by atoms with Crippen LogP contribution >= 0.6 is 15.9 Å². The maximum Gasteiger partial charge on any atom is 0.226 e. The molecule has 0 bridgehead atoms. The molecule has 1 saturated heterocycles. The zero-order valence-corrected chi connectivity index (χ0v) is 24.8. The van der Waals surface area contributed by atoms with Crippen molar-refractivity contribution in [2.24, 2.45) is 5.92 Å². The van der Waals surface area contributed by atoms with Gasteiger partial charge in [-0.1, -0.05) is 47.0 Å². The molecule has 6 rings (SSSR count). The Labute approximate surface area is 247 Å². The Morgan fingerprint density at radius 1 is 1.15 bits per heavy atom. The van der Waals surface area contributed by atoms with Gasteiger partial charge in [0.1, 0.15) is 22.8 Å². The molecule has 0 spiro atoms. The fourth-order valence-electron chi connectivity index (χ4n) is 5.93. The van der Waals surface area contributed by atoms with Crippen molar-refractivity contribution in [3.8, 4) is 28.8 Å². The quantitative estimate of drug-likeness (QED) is 0.277. The molecule has 1 N–H and O–H groups in total. The molecule has 3 aromatic rings. The Bertz CT molecular complexity index is 1610. The highest BCUT2D eigenvalue weighted by Crippen LogP contribution is 2.46. The Balaban J connectivity index is 1.45. The lowest BCUT2D eigenvalue weighted by atomic mass is 9.76. The minimum Gasteiger partial charge on any atom is -0.440 e. The third-order valence-corrected chi connectivity index (χ3v) is 11.2. The Kier molecular flexibility index (Phi) is 7.41. The van der Waals surface area contributed by atoms with Crippen molar-refractivity contribution < 1.29 is 22.0 Å². The van der Waals surface area contributed by atoms with Gasteiger partial charge in [0, 0.05) is 35.2 Å². The predicted molar refractivity (Wildman–Crippen MR) is 156 cm³/mol.